The zero-order chi connectivity index (χ0) is 17.9. The molecule has 1 fully saturated rings. The number of piperidine rings is 1. The van der Waals surface area contributed by atoms with Crippen molar-refractivity contribution in [1.82, 2.24) is 10.3 Å². The number of anilines is 1. The largest absolute Gasteiger partial charge is 0.489 e. The molecule has 0 spiro atoms. The quantitative estimate of drug-likeness (QED) is 0.774. The summed E-state index contributed by atoms with van der Waals surface area (Å²) in [5.41, 5.74) is 1.56. The third-order valence-corrected chi connectivity index (χ3v) is 6.35. The molecule has 1 aromatic carbocycles. The van der Waals surface area contributed by atoms with Crippen molar-refractivity contribution in [1.29, 1.82) is 0 Å². The van der Waals surface area contributed by atoms with Crippen LogP contribution in [0.5, 0.6) is 5.75 Å². The molecule has 3 rings (SSSR count). The van der Waals surface area contributed by atoms with Crippen molar-refractivity contribution in [3.63, 3.8) is 0 Å². The molecule has 0 aliphatic carbocycles. The Hall–Kier alpha value is -1.35. The fourth-order valence-electron chi connectivity index (χ4n) is 2.77. The highest BCUT2D eigenvalue weighted by Gasteiger charge is 2.23. The summed E-state index contributed by atoms with van der Waals surface area (Å²) in [6.07, 6.45) is 2.95. The van der Waals surface area contributed by atoms with Gasteiger partial charge in [0, 0.05) is 11.4 Å². The van der Waals surface area contributed by atoms with Gasteiger partial charge in [0.25, 0.3) is 10.0 Å². The van der Waals surface area contributed by atoms with Crippen LogP contribution in [0.1, 0.15) is 26.2 Å². The number of aromatic nitrogens is 1. The molecule has 6 nitrogen and oxygen atoms in total. The lowest BCUT2D eigenvalue weighted by molar-refractivity contribution is 0.138. The first-order valence-corrected chi connectivity index (χ1v) is 10.9. The van der Waals surface area contributed by atoms with E-state index in [9.17, 15) is 8.42 Å². The highest BCUT2D eigenvalue weighted by molar-refractivity contribution is 7.92. The molecular formula is C16H20ClN3O3S2. The smallest absolute Gasteiger partial charge is 0.263 e. The average molecular weight is 402 g/mol. The molecule has 0 amide bonds. The minimum atomic E-state index is -3.72. The van der Waals surface area contributed by atoms with Gasteiger partial charge in [0.05, 0.1) is 15.4 Å². The molecule has 2 heterocycles. The van der Waals surface area contributed by atoms with E-state index in [1.165, 1.54) is 23.5 Å². The number of rotatable bonds is 6. The lowest BCUT2D eigenvalue weighted by atomic mass is 10.00. The van der Waals surface area contributed by atoms with Gasteiger partial charge in [-0.15, -0.1) is 11.3 Å². The zero-order valence-electron chi connectivity index (χ0n) is 13.7. The van der Waals surface area contributed by atoms with Crippen molar-refractivity contribution in [2.45, 2.75) is 43.2 Å². The van der Waals surface area contributed by atoms with E-state index in [2.05, 4.69) is 21.9 Å². The van der Waals surface area contributed by atoms with Gasteiger partial charge in [-0.05, 0) is 44.0 Å². The Bertz CT molecular complexity index is 812. The van der Waals surface area contributed by atoms with Gasteiger partial charge < -0.3 is 10.1 Å². The van der Waals surface area contributed by atoms with Gasteiger partial charge in [-0.25, -0.2) is 13.4 Å². The van der Waals surface area contributed by atoms with E-state index in [0.29, 0.717) is 17.6 Å². The predicted octanol–water partition coefficient (Wildman–Crippen LogP) is 3.51. The molecule has 136 valence electrons. The standard InChI is InChI=1S/C16H20ClN3O3S2/c1-2-11-7-12(5-6-18-11)23-15-4-3-13(8-14(15)17)25(21,22)20-16-9-24-10-19-16/h3-4,8-12,18,20H,2,5-7H2,1H3/t11-,12+/m1/s1. The third-order valence-electron chi connectivity index (χ3n) is 4.12. The van der Waals surface area contributed by atoms with Crippen LogP contribution in [0, 0.1) is 0 Å². The highest BCUT2D eigenvalue weighted by atomic mass is 35.5. The zero-order valence-corrected chi connectivity index (χ0v) is 16.1. The first-order valence-electron chi connectivity index (χ1n) is 8.08. The number of benzene rings is 1. The van der Waals surface area contributed by atoms with Crippen molar-refractivity contribution in [2.24, 2.45) is 0 Å². The minimum Gasteiger partial charge on any atom is -0.489 e. The van der Waals surface area contributed by atoms with Crippen LogP contribution in [0.3, 0.4) is 0 Å². The van der Waals surface area contributed by atoms with Crippen LogP contribution < -0.4 is 14.8 Å². The van der Waals surface area contributed by atoms with Gasteiger partial charge in [0.2, 0.25) is 0 Å². The van der Waals surface area contributed by atoms with Crippen LogP contribution >= 0.6 is 22.9 Å². The molecule has 1 saturated heterocycles. The van der Waals surface area contributed by atoms with Gasteiger partial charge in [0.15, 0.2) is 5.82 Å². The van der Waals surface area contributed by atoms with E-state index >= 15 is 0 Å². The third kappa shape index (κ3) is 4.63. The molecule has 1 aliphatic heterocycles. The Morgan fingerprint density at radius 3 is 3.00 bits per heavy atom. The summed E-state index contributed by atoms with van der Waals surface area (Å²) < 4.78 is 33.2. The topological polar surface area (TPSA) is 80.3 Å². The fourth-order valence-corrected chi connectivity index (χ4v) is 4.64. The Labute approximate surface area is 156 Å². The van der Waals surface area contributed by atoms with Crippen molar-refractivity contribution < 1.29 is 13.2 Å². The van der Waals surface area contributed by atoms with E-state index in [0.717, 1.165) is 25.8 Å². The summed E-state index contributed by atoms with van der Waals surface area (Å²) >= 11 is 7.57. The summed E-state index contributed by atoms with van der Waals surface area (Å²) in [6, 6.07) is 4.96. The second kappa shape index (κ2) is 7.90. The van der Waals surface area contributed by atoms with Gasteiger partial charge in [0.1, 0.15) is 11.9 Å². The molecule has 2 aromatic rings. The Kier molecular flexibility index (Phi) is 5.83. The molecule has 1 aromatic heterocycles. The second-order valence-corrected chi connectivity index (χ2v) is 8.70. The Balaban J connectivity index is 1.72. The number of ether oxygens (including phenoxy) is 1. The molecule has 0 unspecified atom stereocenters. The molecular weight excluding hydrogens is 382 g/mol. The molecule has 0 bridgehead atoms. The Morgan fingerprint density at radius 2 is 2.32 bits per heavy atom. The molecule has 25 heavy (non-hydrogen) atoms. The lowest BCUT2D eigenvalue weighted by Gasteiger charge is -2.30. The number of thiazole rings is 1. The predicted molar refractivity (Wildman–Crippen MR) is 100 cm³/mol. The van der Waals surface area contributed by atoms with Crippen LogP contribution in [0.25, 0.3) is 0 Å². The minimum absolute atomic E-state index is 0.0783. The summed E-state index contributed by atoms with van der Waals surface area (Å²) in [7, 11) is -3.72. The molecule has 1 aliphatic rings. The van der Waals surface area contributed by atoms with Crippen LogP contribution in [0.2, 0.25) is 5.02 Å². The van der Waals surface area contributed by atoms with Crippen molar-refractivity contribution in [2.75, 3.05) is 11.3 Å². The lowest BCUT2D eigenvalue weighted by Crippen LogP contribution is -2.42. The Morgan fingerprint density at radius 1 is 1.48 bits per heavy atom. The monoisotopic (exact) mass is 401 g/mol. The maximum absolute atomic E-state index is 12.4. The number of halogens is 1. The van der Waals surface area contributed by atoms with E-state index in [4.69, 9.17) is 16.3 Å². The van der Waals surface area contributed by atoms with Crippen LogP contribution in [0.15, 0.2) is 34.0 Å². The van der Waals surface area contributed by atoms with Gasteiger partial charge in [-0.2, -0.15) is 0 Å². The normalized spacial score (nSPS) is 21.0. The SMILES string of the molecule is CC[C@@H]1C[C@@H](Oc2ccc(S(=O)(=O)Nc3cscn3)cc2Cl)CCN1. The average Bonchev–Trinajstić information content (AvgIpc) is 3.09. The van der Waals surface area contributed by atoms with E-state index in [1.54, 1.807) is 17.0 Å². The number of nitrogens with one attached hydrogen (secondary N) is 2. The number of hydrogen-bond acceptors (Lipinski definition) is 6. The van der Waals surface area contributed by atoms with Crippen LogP contribution in [-0.4, -0.2) is 32.1 Å². The van der Waals surface area contributed by atoms with E-state index in [1.807, 2.05) is 0 Å². The van der Waals surface area contributed by atoms with Gasteiger partial charge in [-0.1, -0.05) is 18.5 Å². The van der Waals surface area contributed by atoms with Crippen molar-refractivity contribution in [3.8, 4) is 5.75 Å². The number of sulfonamides is 1. The van der Waals surface area contributed by atoms with Crippen LogP contribution in [-0.2, 0) is 10.0 Å². The summed E-state index contributed by atoms with van der Waals surface area (Å²) in [6.45, 7) is 3.05. The summed E-state index contributed by atoms with van der Waals surface area (Å²) in [4.78, 5) is 4.00. The second-order valence-electron chi connectivity index (χ2n) is 5.89. The fraction of sp³-hybridized carbons (Fsp3) is 0.438. The maximum Gasteiger partial charge on any atom is 0.263 e. The number of hydrogen-bond donors (Lipinski definition) is 2. The highest BCUT2D eigenvalue weighted by Crippen LogP contribution is 2.30. The maximum atomic E-state index is 12.4. The molecule has 2 atom stereocenters. The summed E-state index contributed by atoms with van der Waals surface area (Å²) in [5.74, 6) is 0.804. The van der Waals surface area contributed by atoms with E-state index in [-0.39, 0.29) is 16.0 Å². The van der Waals surface area contributed by atoms with Gasteiger partial charge >= 0.3 is 0 Å². The van der Waals surface area contributed by atoms with Crippen LogP contribution in [0.4, 0.5) is 5.82 Å². The first-order chi connectivity index (χ1) is 12.0. The molecule has 9 heteroatoms. The van der Waals surface area contributed by atoms with Crippen molar-refractivity contribution >= 4 is 38.8 Å². The van der Waals surface area contributed by atoms with Gasteiger partial charge in [-0.3, -0.25) is 4.72 Å². The van der Waals surface area contributed by atoms with E-state index < -0.39 is 10.0 Å². The summed E-state index contributed by atoms with van der Waals surface area (Å²) in [5, 5.41) is 5.35. The molecule has 0 saturated carbocycles. The molecule has 2 N–H and O–H groups in total. The first kappa shape index (κ1) is 18.4. The van der Waals surface area contributed by atoms with Crippen molar-refractivity contribution in [3.05, 3.63) is 34.1 Å². The molecule has 0 radical (unpaired) electrons. The number of nitrogens with zero attached hydrogens (tertiary/aromatic N) is 1.